The van der Waals surface area contributed by atoms with Crippen molar-refractivity contribution in [2.24, 2.45) is 0 Å². The number of carbonyl (C=O) groups excluding carboxylic acids is 1. The van der Waals surface area contributed by atoms with Gasteiger partial charge >= 0.3 is 0 Å². The fourth-order valence-electron chi connectivity index (χ4n) is 2.44. The van der Waals surface area contributed by atoms with Gasteiger partial charge in [0.15, 0.2) is 9.84 Å². The van der Waals surface area contributed by atoms with E-state index in [1.54, 1.807) is 26.0 Å². The Kier molecular flexibility index (Phi) is 4.18. The van der Waals surface area contributed by atoms with Gasteiger partial charge in [-0.15, -0.1) is 0 Å². The molecule has 2 rings (SSSR count). The van der Waals surface area contributed by atoms with Crippen LogP contribution in [-0.2, 0) is 14.6 Å². The third-order valence-electron chi connectivity index (χ3n) is 3.58. The lowest BCUT2D eigenvalue weighted by molar-refractivity contribution is -0.117. The topological polar surface area (TPSA) is 63.2 Å². The lowest BCUT2D eigenvalue weighted by Gasteiger charge is -2.23. The molecule has 1 fully saturated rings. The molecule has 6 heteroatoms. The molecule has 0 spiro atoms. The van der Waals surface area contributed by atoms with Crippen molar-refractivity contribution in [1.29, 1.82) is 0 Å². The highest BCUT2D eigenvalue weighted by Gasteiger charge is 2.39. The van der Waals surface area contributed by atoms with Gasteiger partial charge in [0, 0.05) is 6.08 Å². The average Bonchev–Trinajstić information content (AvgIpc) is 2.63. The second-order valence-corrected chi connectivity index (χ2v) is 7.91. The number of hydrogen-bond donors (Lipinski definition) is 1. The minimum Gasteiger partial charge on any atom is -0.346 e. The molecule has 4 nitrogen and oxygen atoms in total. The fourth-order valence-corrected chi connectivity index (χ4v) is 4.53. The summed E-state index contributed by atoms with van der Waals surface area (Å²) in [4.78, 5) is 12.0. The summed E-state index contributed by atoms with van der Waals surface area (Å²) in [5.41, 5.74) is 0.725. The number of amides is 1. The highest BCUT2D eigenvalue weighted by atomic mass is 32.2. The third-order valence-corrected chi connectivity index (χ3v) is 5.48. The number of carbonyl (C=O) groups is 1. The molecule has 0 radical (unpaired) electrons. The van der Waals surface area contributed by atoms with Crippen molar-refractivity contribution in [3.8, 4) is 0 Å². The zero-order chi connectivity index (χ0) is 15.7. The summed E-state index contributed by atoms with van der Waals surface area (Å²) >= 11 is 0. The second kappa shape index (κ2) is 5.60. The van der Waals surface area contributed by atoms with Crippen LogP contribution >= 0.6 is 0 Å². The van der Waals surface area contributed by atoms with Crippen molar-refractivity contribution >= 4 is 21.3 Å². The van der Waals surface area contributed by atoms with Gasteiger partial charge in [-0.3, -0.25) is 4.79 Å². The van der Waals surface area contributed by atoms with Crippen molar-refractivity contribution in [2.75, 3.05) is 11.5 Å². The van der Waals surface area contributed by atoms with Crippen LogP contribution in [0.3, 0.4) is 0 Å². The van der Waals surface area contributed by atoms with Gasteiger partial charge in [0.2, 0.25) is 5.91 Å². The van der Waals surface area contributed by atoms with Crippen LogP contribution in [0.2, 0.25) is 0 Å². The summed E-state index contributed by atoms with van der Waals surface area (Å²) in [5, 5.41) is 2.75. The molecule has 1 aromatic rings. The minimum absolute atomic E-state index is 0.0326. The van der Waals surface area contributed by atoms with Gasteiger partial charge in [-0.1, -0.05) is 12.1 Å². The summed E-state index contributed by atoms with van der Waals surface area (Å²) in [6.45, 7) is 3.48. The Balaban J connectivity index is 2.07. The van der Waals surface area contributed by atoms with Gasteiger partial charge in [-0.05, 0) is 43.5 Å². The number of benzene rings is 1. The van der Waals surface area contributed by atoms with Gasteiger partial charge in [-0.25, -0.2) is 12.8 Å². The van der Waals surface area contributed by atoms with E-state index in [1.165, 1.54) is 18.2 Å². The van der Waals surface area contributed by atoms with E-state index in [0.29, 0.717) is 12.0 Å². The van der Waals surface area contributed by atoms with Crippen LogP contribution in [0.5, 0.6) is 0 Å². The van der Waals surface area contributed by atoms with Crippen molar-refractivity contribution in [3.05, 3.63) is 41.7 Å². The maximum absolute atomic E-state index is 12.9. The molecule has 1 aromatic carbocycles. The Morgan fingerprint density at radius 2 is 1.95 bits per heavy atom. The van der Waals surface area contributed by atoms with E-state index in [2.05, 4.69) is 5.32 Å². The largest absolute Gasteiger partial charge is 0.346 e. The van der Waals surface area contributed by atoms with Crippen LogP contribution in [0.1, 0.15) is 25.8 Å². The lowest BCUT2D eigenvalue weighted by Crippen LogP contribution is -2.46. The lowest BCUT2D eigenvalue weighted by atomic mass is 10.0. The van der Waals surface area contributed by atoms with Crippen molar-refractivity contribution < 1.29 is 17.6 Å². The predicted octanol–water partition coefficient (Wildman–Crippen LogP) is 1.92. The van der Waals surface area contributed by atoms with Gasteiger partial charge in [0.1, 0.15) is 5.82 Å². The summed E-state index contributed by atoms with van der Waals surface area (Å²) in [6.07, 6.45) is 1.83. The van der Waals surface area contributed by atoms with E-state index in [9.17, 15) is 17.6 Å². The Morgan fingerprint density at radius 3 is 2.48 bits per heavy atom. The molecule has 114 valence electrons. The van der Waals surface area contributed by atoms with Crippen LogP contribution in [0.4, 0.5) is 4.39 Å². The number of sulfone groups is 1. The van der Waals surface area contributed by atoms with Crippen molar-refractivity contribution in [3.63, 3.8) is 0 Å². The van der Waals surface area contributed by atoms with E-state index in [-0.39, 0.29) is 23.2 Å². The maximum atomic E-state index is 12.9. The number of allylic oxidation sites excluding steroid dienone is 1. The van der Waals surface area contributed by atoms with E-state index in [0.717, 1.165) is 5.56 Å². The number of halogens is 1. The van der Waals surface area contributed by atoms with Crippen LogP contribution < -0.4 is 5.32 Å². The van der Waals surface area contributed by atoms with Crippen LogP contribution in [-0.4, -0.2) is 31.4 Å². The molecule has 0 aliphatic carbocycles. The van der Waals surface area contributed by atoms with E-state index >= 15 is 0 Å². The predicted molar refractivity (Wildman–Crippen MR) is 79.9 cm³/mol. The van der Waals surface area contributed by atoms with E-state index in [1.807, 2.05) is 0 Å². The molecule has 1 amide bonds. The standard InChI is InChI=1S/C15H18FNO3S/c1-11(12-3-5-13(16)6-4-12)9-14(18)17-15(2)7-8-21(19,20)10-15/h3-6,9H,7-8,10H2,1-2H3,(H,17,18)/b11-9-/t15-/m0/s1. The molecular formula is C15H18FNO3S. The molecule has 0 unspecified atom stereocenters. The van der Waals surface area contributed by atoms with Crippen LogP contribution in [0, 0.1) is 5.82 Å². The van der Waals surface area contributed by atoms with Gasteiger partial charge in [0.25, 0.3) is 0 Å². The minimum atomic E-state index is -3.06. The summed E-state index contributed by atoms with van der Waals surface area (Å²) in [5.74, 6) is -0.601. The number of rotatable bonds is 3. The molecule has 1 heterocycles. The van der Waals surface area contributed by atoms with Gasteiger partial charge in [-0.2, -0.15) is 0 Å². The summed E-state index contributed by atoms with van der Waals surface area (Å²) in [7, 11) is -3.06. The van der Waals surface area contributed by atoms with E-state index < -0.39 is 15.4 Å². The first-order chi connectivity index (χ1) is 9.69. The Labute approximate surface area is 124 Å². The average molecular weight is 311 g/mol. The Morgan fingerprint density at radius 1 is 1.33 bits per heavy atom. The zero-order valence-corrected chi connectivity index (χ0v) is 12.8. The number of hydrogen-bond acceptors (Lipinski definition) is 3. The highest BCUT2D eigenvalue weighted by molar-refractivity contribution is 7.91. The Bertz CT molecular complexity index is 679. The molecule has 0 aromatic heterocycles. The molecular weight excluding hydrogens is 293 g/mol. The molecule has 1 atom stereocenters. The highest BCUT2D eigenvalue weighted by Crippen LogP contribution is 2.23. The quantitative estimate of drug-likeness (QED) is 0.868. The molecule has 1 saturated heterocycles. The van der Waals surface area contributed by atoms with Crippen LogP contribution in [0.25, 0.3) is 5.57 Å². The normalized spacial score (nSPS) is 24.8. The van der Waals surface area contributed by atoms with Crippen molar-refractivity contribution in [2.45, 2.75) is 25.8 Å². The summed E-state index contributed by atoms with van der Waals surface area (Å²) < 4.78 is 35.9. The number of nitrogens with one attached hydrogen (secondary N) is 1. The molecule has 1 aliphatic heterocycles. The molecule has 1 aliphatic rings. The molecule has 1 N–H and O–H groups in total. The van der Waals surface area contributed by atoms with Gasteiger partial charge in [0.05, 0.1) is 17.0 Å². The SMILES string of the molecule is C/C(=C/C(=O)N[C@@]1(C)CCS(=O)(=O)C1)c1ccc(F)cc1. The first-order valence-electron chi connectivity index (χ1n) is 6.66. The molecule has 0 bridgehead atoms. The smallest absolute Gasteiger partial charge is 0.244 e. The molecule has 21 heavy (non-hydrogen) atoms. The fraction of sp³-hybridized carbons (Fsp3) is 0.400. The third kappa shape index (κ3) is 4.14. The monoisotopic (exact) mass is 311 g/mol. The Hall–Kier alpha value is -1.69. The van der Waals surface area contributed by atoms with E-state index in [4.69, 9.17) is 0 Å². The molecule has 0 saturated carbocycles. The first kappa shape index (κ1) is 15.7. The second-order valence-electron chi connectivity index (χ2n) is 5.73. The van der Waals surface area contributed by atoms with Crippen molar-refractivity contribution in [1.82, 2.24) is 5.32 Å². The first-order valence-corrected chi connectivity index (χ1v) is 8.48. The maximum Gasteiger partial charge on any atom is 0.244 e. The van der Waals surface area contributed by atoms with Crippen LogP contribution in [0.15, 0.2) is 30.3 Å². The summed E-state index contributed by atoms with van der Waals surface area (Å²) in [6, 6.07) is 5.84. The van der Waals surface area contributed by atoms with Gasteiger partial charge < -0.3 is 5.32 Å². The zero-order valence-electron chi connectivity index (χ0n) is 12.0.